The largest absolute Gasteiger partial charge is 0.493 e. The molecule has 2 N–H and O–H groups in total. The van der Waals surface area contributed by atoms with Gasteiger partial charge in [0.1, 0.15) is 5.75 Å². The van der Waals surface area contributed by atoms with Crippen LogP contribution >= 0.6 is 11.6 Å². The van der Waals surface area contributed by atoms with Gasteiger partial charge in [0.2, 0.25) is 0 Å². The summed E-state index contributed by atoms with van der Waals surface area (Å²) in [6.07, 6.45) is 0.873. The zero-order chi connectivity index (χ0) is 15.7. The molecular weight excluding hydrogens is 290 g/mol. The van der Waals surface area contributed by atoms with Crippen molar-refractivity contribution in [1.82, 2.24) is 4.90 Å². The number of hydrogen-bond donors (Lipinski definition) is 2. The molecule has 0 saturated carbocycles. The fourth-order valence-corrected chi connectivity index (χ4v) is 2.33. The van der Waals surface area contributed by atoms with Gasteiger partial charge in [-0.15, -0.1) is 0 Å². The Hall–Kier alpha value is -0.810. The Bertz CT molecular complexity index is 415. The van der Waals surface area contributed by atoms with Crippen molar-refractivity contribution < 1.29 is 14.9 Å². The van der Waals surface area contributed by atoms with E-state index in [4.69, 9.17) is 21.4 Å². The van der Waals surface area contributed by atoms with Crippen LogP contribution in [0.3, 0.4) is 0 Å². The van der Waals surface area contributed by atoms with Crippen molar-refractivity contribution >= 4 is 11.6 Å². The third kappa shape index (κ3) is 6.22. The van der Waals surface area contributed by atoms with Gasteiger partial charge < -0.3 is 19.8 Å². The Morgan fingerprint density at radius 3 is 2.67 bits per heavy atom. The van der Waals surface area contributed by atoms with Gasteiger partial charge in [-0.25, -0.2) is 0 Å². The molecule has 1 unspecified atom stereocenters. The van der Waals surface area contributed by atoms with Crippen molar-refractivity contribution in [2.45, 2.75) is 32.8 Å². The van der Waals surface area contributed by atoms with Crippen LogP contribution in [-0.4, -0.2) is 48.0 Å². The predicted octanol–water partition coefficient (Wildman–Crippen LogP) is 2.87. The molecule has 4 nitrogen and oxygen atoms in total. The van der Waals surface area contributed by atoms with E-state index in [1.165, 1.54) is 0 Å². The van der Waals surface area contributed by atoms with Crippen LogP contribution in [0.5, 0.6) is 5.75 Å². The lowest BCUT2D eigenvalue weighted by molar-refractivity contribution is 0.130. The topological polar surface area (TPSA) is 52.9 Å². The third-order valence-electron chi connectivity index (χ3n) is 3.37. The number of likely N-dealkylation sites (N-methyl/N-ethyl adjacent to an activating group) is 1. The average Bonchev–Trinajstić information content (AvgIpc) is 2.49. The summed E-state index contributed by atoms with van der Waals surface area (Å²) in [4.78, 5) is 2.10. The molecule has 1 aromatic rings. The summed E-state index contributed by atoms with van der Waals surface area (Å²) in [5.41, 5.74) is 0.732. The van der Waals surface area contributed by atoms with Gasteiger partial charge in [0.25, 0.3) is 0 Å². The molecule has 1 rings (SSSR count). The van der Waals surface area contributed by atoms with Crippen molar-refractivity contribution in [3.8, 4) is 5.75 Å². The van der Waals surface area contributed by atoms with E-state index in [2.05, 4.69) is 4.90 Å². The standard InChI is InChI=1S/C16H26ClNO3/c1-3-11-21-16-6-5-13(17)12-14(16)15(20)7-8-18(4-2)9-10-19/h5-6,12,15,19-20H,3-4,7-11H2,1-2H3. The Morgan fingerprint density at radius 2 is 2.05 bits per heavy atom. The number of benzene rings is 1. The van der Waals surface area contributed by atoms with Crippen LogP contribution in [0.2, 0.25) is 5.02 Å². The van der Waals surface area contributed by atoms with E-state index in [0.29, 0.717) is 30.3 Å². The first kappa shape index (κ1) is 18.2. The monoisotopic (exact) mass is 315 g/mol. The second-order valence-electron chi connectivity index (χ2n) is 4.99. The lowest BCUT2D eigenvalue weighted by Gasteiger charge is -2.22. The maximum absolute atomic E-state index is 10.4. The summed E-state index contributed by atoms with van der Waals surface area (Å²) in [6, 6.07) is 5.34. The van der Waals surface area contributed by atoms with Gasteiger partial charge in [0, 0.05) is 23.7 Å². The third-order valence-corrected chi connectivity index (χ3v) is 3.61. The van der Waals surface area contributed by atoms with Crippen LogP contribution in [0.15, 0.2) is 18.2 Å². The molecule has 0 heterocycles. The van der Waals surface area contributed by atoms with Gasteiger partial charge >= 0.3 is 0 Å². The molecule has 5 heteroatoms. The lowest BCUT2D eigenvalue weighted by Crippen LogP contribution is -2.28. The highest BCUT2D eigenvalue weighted by Crippen LogP contribution is 2.30. The maximum atomic E-state index is 10.4. The quantitative estimate of drug-likeness (QED) is 0.697. The molecule has 0 aliphatic rings. The normalized spacial score (nSPS) is 12.7. The Morgan fingerprint density at radius 1 is 1.29 bits per heavy atom. The minimum Gasteiger partial charge on any atom is -0.493 e. The molecule has 0 spiro atoms. The lowest BCUT2D eigenvalue weighted by atomic mass is 10.0. The highest BCUT2D eigenvalue weighted by atomic mass is 35.5. The first-order valence-electron chi connectivity index (χ1n) is 7.55. The van der Waals surface area contributed by atoms with E-state index < -0.39 is 6.10 Å². The average molecular weight is 316 g/mol. The number of ether oxygens (including phenoxy) is 1. The van der Waals surface area contributed by atoms with E-state index in [-0.39, 0.29) is 6.61 Å². The Kier molecular flexibility index (Phi) is 8.69. The van der Waals surface area contributed by atoms with Crippen LogP contribution in [0.25, 0.3) is 0 Å². The van der Waals surface area contributed by atoms with E-state index in [9.17, 15) is 5.11 Å². The van der Waals surface area contributed by atoms with Crippen LogP contribution in [0.1, 0.15) is 38.4 Å². The molecule has 0 fully saturated rings. The minimum atomic E-state index is -0.622. The fraction of sp³-hybridized carbons (Fsp3) is 0.625. The first-order valence-corrected chi connectivity index (χ1v) is 7.93. The van der Waals surface area contributed by atoms with Gasteiger partial charge in [0.05, 0.1) is 19.3 Å². The van der Waals surface area contributed by atoms with Gasteiger partial charge in [-0.2, -0.15) is 0 Å². The van der Waals surface area contributed by atoms with Crippen molar-refractivity contribution in [2.24, 2.45) is 0 Å². The number of halogens is 1. The molecule has 0 saturated heterocycles. The Labute approximate surface area is 132 Å². The number of nitrogens with zero attached hydrogens (tertiary/aromatic N) is 1. The summed E-state index contributed by atoms with van der Waals surface area (Å²) >= 11 is 6.02. The zero-order valence-corrected chi connectivity index (χ0v) is 13.6. The molecule has 120 valence electrons. The molecule has 0 aliphatic carbocycles. The molecule has 21 heavy (non-hydrogen) atoms. The van der Waals surface area contributed by atoms with Crippen LogP contribution < -0.4 is 4.74 Å². The van der Waals surface area contributed by atoms with E-state index in [1.807, 2.05) is 19.9 Å². The molecule has 0 amide bonds. The molecule has 0 aromatic heterocycles. The summed E-state index contributed by atoms with van der Waals surface area (Å²) in [5.74, 6) is 0.693. The fourth-order valence-electron chi connectivity index (χ4n) is 2.15. The zero-order valence-electron chi connectivity index (χ0n) is 12.9. The molecule has 0 bridgehead atoms. The summed E-state index contributed by atoms with van der Waals surface area (Å²) in [5, 5.41) is 20.0. The SMILES string of the molecule is CCCOc1ccc(Cl)cc1C(O)CCN(CC)CCO. The second kappa shape index (κ2) is 10.0. The maximum Gasteiger partial charge on any atom is 0.125 e. The van der Waals surface area contributed by atoms with E-state index >= 15 is 0 Å². The van der Waals surface area contributed by atoms with Crippen molar-refractivity contribution in [2.75, 3.05) is 32.8 Å². The first-order chi connectivity index (χ1) is 10.1. The minimum absolute atomic E-state index is 0.131. The van der Waals surface area contributed by atoms with E-state index in [0.717, 1.165) is 25.1 Å². The molecular formula is C16H26ClNO3. The van der Waals surface area contributed by atoms with Crippen molar-refractivity contribution in [3.63, 3.8) is 0 Å². The smallest absolute Gasteiger partial charge is 0.125 e. The van der Waals surface area contributed by atoms with Gasteiger partial charge in [-0.3, -0.25) is 0 Å². The van der Waals surface area contributed by atoms with Gasteiger partial charge in [-0.05, 0) is 37.6 Å². The number of hydrogen-bond acceptors (Lipinski definition) is 4. The van der Waals surface area contributed by atoms with Crippen molar-refractivity contribution in [1.29, 1.82) is 0 Å². The predicted molar refractivity (Wildman–Crippen MR) is 86.0 cm³/mol. The molecule has 0 radical (unpaired) electrons. The number of rotatable bonds is 10. The molecule has 1 aromatic carbocycles. The number of aliphatic hydroxyl groups is 2. The van der Waals surface area contributed by atoms with Gasteiger partial charge in [-0.1, -0.05) is 25.4 Å². The van der Waals surface area contributed by atoms with E-state index in [1.54, 1.807) is 12.1 Å². The van der Waals surface area contributed by atoms with Crippen molar-refractivity contribution in [3.05, 3.63) is 28.8 Å². The molecule has 1 atom stereocenters. The number of aliphatic hydroxyl groups excluding tert-OH is 2. The van der Waals surface area contributed by atoms with Crippen LogP contribution in [0.4, 0.5) is 0 Å². The summed E-state index contributed by atoms with van der Waals surface area (Å²) < 4.78 is 5.67. The summed E-state index contributed by atoms with van der Waals surface area (Å²) in [6.45, 7) is 7.02. The van der Waals surface area contributed by atoms with Crippen LogP contribution in [0, 0.1) is 0 Å². The van der Waals surface area contributed by atoms with Crippen LogP contribution in [-0.2, 0) is 0 Å². The highest BCUT2D eigenvalue weighted by Gasteiger charge is 2.15. The van der Waals surface area contributed by atoms with Gasteiger partial charge in [0.15, 0.2) is 0 Å². The summed E-state index contributed by atoms with van der Waals surface area (Å²) in [7, 11) is 0. The molecule has 0 aliphatic heterocycles. The second-order valence-corrected chi connectivity index (χ2v) is 5.43. The highest BCUT2D eigenvalue weighted by molar-refractivity contribution is 6.30. The Balaban J connectivity index is 2.70.